The van der Waals surface area contributed by atoms with Crippen molar-refractivity contribution in [3.63, 3.8) is 0 Å². The van der Waals surface area contributed by atoms with Gasteiger partial charge in [-0.1, -0.05) is 13.8 Å². The Labute approximate surface area is 119 Å². The van der Waals surface area contributed by atoms with Crippen LogP contribution in [0.4, 0.5) is 11.4 Å². The molecule has 0 atom stereocenters. The topological polar surface area (TPSA) is 67.6 Å². The fourth-order valence-corrected chi connectivity index (χ4v) is 2.07. The first-order valence-electron chi connectivity index (χ1n) is 6.82. The average Bonchev–Trinajstić information content (AvgIpc) is 2.44. The number of hydrogen-bond donors (Lipinski definition) is 1. The molecule has 20 heavy (non-hydrogen) atoms. The maximum absolute atomic E-state index is 11.1. The smallest absolute Gasteiger partial charge is 0.292 e. The molecule has 6 nitrogen and oxygen atoms in total. The molecule has 0 unspecified atom stereocenters. The fraction of sp³-hybridized carbons (Fsp3) is 0.571. The molecule has 0 heterocycles. The molecule has 0 spiro atoms. The molecule has 6 heteroatoms. The van der Waals surface area contributed by atoms with Gasteiger partial charge >= 0.3 is 0 Å². The average molecular weight is 281 g/mol. The van der Waals surface area contributed by atoms with E-state index in [4.69, 9.17) is 4.74 Å². The Bertz CT molecular complexity index is 459. The van der Waals surface area contributed by atoms with Gasteiger partial charge in [0.1, 0.15) is 11.4 Å². The first-order chi connectivity index (χ1) is 9.53. The molecule has 0 fully saturated rings. The summed E-state index contributed by atoms with van der Waals surface area (Å²) in [5, 5.41) is 14.2. The zero-order valence-electron chi connectivity index (χ0n) is 12.6. The lowest BCUT2D eigenvalue weighted by Gasteiger charge is -2.18. The summed E-state index contributed by atoms with van der Waals surface area (Å²) in [7, 11) is 1.56. The zero-order chi connectivity index (χ0) is 15.1. The Balaban J connectivity index is 2.84. The molecule has 1 rings (SSSR count). The van der Waals surface area contributed by atoms with Crippen LogP contribution in [-0.4, -0.2) is 43.1 Å². The van der Waals surface area contributed by atoms with Gasteiger partial charge in [0.2, 0.25) is 0 Å². The number of rotatable bonds is 8. The van der Waals surface area contributed by atoms with E-state index in [-0.39, 0.29) is 10.6 Å². The normalized spacial score (nSPS) is 10.7. The highest BCUT2D eigenvalue weighted by molar-refractivity contribution is 5.66. The second-order valence-corrected chi connectivity index (χ2v) is 4.55. The molecule has 0 aliphatic heterocycles. The van der Waals surface area contributed by atoms with E-state index in [1.165, 1.54) is 0 Å². The number of methoxy groups -OCH3 is 1. The lowest BCUT2D eigenvalue weighted by Crippen LogP contribution is -2.28. The van der Waals surface area contributed by atoms with Crippen molar-refractivity contribution in [2.75, 3.05) is 38.6 Å². The molecule has 0 aliphatic rings. The van der Waals surface area contributed by atoms with Crippen LogP contribution in [0.5, 0.6) is 5.75 Å². The maximum atomic E-state index is 11.1. The van der Waals surface area contributed by atoms with Gasteiger partial charge in [0.15, 0.2) is 0 Å². The van der Waals surface area contributed by atoms with Crippen molar-refractivity contribution in [3.8, 4) is 5.75 Å². The van der Waals surface area contributed by atoms with Crippen molar-refractivity contribution in [1.82, 2.24) is 4.90 Å². The minimum absolute atomic E-state index is 0.0860. The summed E-state index contributed by atoms with van der Waals surface area (Å²) in [6.07, 6.45) is 0. The molecule has 0 radical (unpaired) electrons. The first kappa shape index (κ1) is 16.2. The highest BCUT2D eigenvalue weighted by Crippen LogP contribution is 2.32. The van der Waals surface area contributed by atoms with E-state index < -0.39 is 0 Å². The second-order valence-electron chi connectivity index (χ2n) is 4.55. The molecule has 1 N–H and O–H groups in total. The van der Waals surface area contributed by atoms with Crippen LogP contribution in [0.15, 0.2) is 12.1 Å². The van der Waals surface area contributed by atoms with Gasteiger partial charge in [0, 0.05) is 25.2 Å². The van der Waals surface area contributed by atoms with Gasteiger partial charge in [0.25, 0.3) is 5.69 Å². The first-order valence-corrected chi connectivity index (χ1v) is 6.82. The van der Waals surface area contributed by atoms with Crippen LogP contribution in [0.1, 0.15) is 19.4 Å². The van der Waals surface area contributed by atoms with Crippen LogP contribution in [0.25, 0.3) is 0 Å². The number of nitrogens with zero attached hydrogens (tertiary/aromatic N) is 2. The molecular formula is C14H23N3O3. The van der Waals surface area contributed by atoms with Crippen molar-refractivity contribution in [2.24, 2.45) is 0 Å². The van der Waals surface area contributed by atoms with Gasteiger partial charge in [-0.25, -0.2) is 0 Å². The Morgan fingerprint density at radius 2 is 2.00 bits per heavy atom. The number of nitro groups is 1. The van der Waals surface area contributed by atoms with Crippen LogP contribution >= 0.6 is 0 Å². The molecule has 0 bridgehead atoms. The van der Waals surface area contributed by atoms with Crippen LogP contribution in [-0.2, 0) is 0 Å². The molecule has 0 amide bonds. The predicted octanol–water partition coefficient (Wildman–Crippen LogP) is 2.67. The number of hydrogen-bond acceptors (Lipinski definition) is 5. The fourth-order valence-electron chi connectivity index (χ4n) is 2.07. The van der Waals surface area contributed by atoms with Crippen molar-refractivity contribution in [2.45, 2.75) is 20.8 Å². The van der Waals surface area contributed by atoms with Crippen LogP contribution in [0, 0.1) is 17.0 Å². The summed E-state index contributed by atoms with van der Waals surface area (Å²) in [4.78, 5) is 13.0. The van der Waals surface area contributed by atoms with E-state index in [9.17, 15) is 10.1 Å². The standard InChI is InChI=1S/C14H23N3O3/c1-5-16(6-2)8-7-15-12-10-14(20-4)11(3)9-13(12)17(18)19/h9-10,15H,5-8H2,1-4H3. The molecule has 112 valence electrons. The quantitative estimate of drug-likeness (QED) is 0.586. The highest BCUT2D eigenvalue weighted by atomic mass is 16.6. The largest absolute Gasteiger partial charge is 0.496 e. The van der Waals surface area contributed by atoms with Crippen LogP contribution in [0.2, 0.25) is 0 Å². The third kappa shape index (κ3) is 4.09. The Morgan fingerprint density at radius 1 is 1.35 bits per heavy atom. The van der Waals surface area contributed by atoms with Gasteiger partial charge < -0.3 is 15.0 Å². The molecule has 0 aliphatic carbocycles. The summed E-state index contributed by atoms with van der Waals surface area (Å²) >= 11 is 0. The molecule has 1 aromatic rings. The molecule has 0 saturated carbocycles. The lowest BCUT2D eigenvalue weighted by molar-refractivity contribution is -0.384. The van der Waals surface area contributed by atoms with Crippen LogP contribution < -0.4 is 10.1 Å². The van der Waals surface area contributed by atoms with E-state index in [1.54, 1.807) is 26.2 Å². The number of nitro benzene ring substituents is 1. The SMILES string of the molecule is CCN(CC)CCNc1cc(OC)c(C)cc1[N+](=O)[O-]. The zero-order valence-corrected chi connectivity index (χ0v) is 12.6. The second kappa shape index (κ2) is 7.69. The predicted molar refractivity (Wildman–Crippen MR) is 80.7 cm³/mol. The summed E-state index contributed by atoms with van der Waals surface area (Å²) in [6, 6.07) is 3.23. The van der Waals surface area contributed by atoms with Crippen LogP contribution in [0.3, 0.4) is 0 Å². The minimum atomic E-state index is -0.369. The van der Waals surface area contributed by atoms with E-state index >= 15 is 0 Å². The molecular weight excluding hydrogens is 258 g/mol. The summed E-state index contributed by atoms with van der Waals surface area (Å²) < 4.78 is 5.22. The third-order valence-corrected chi connectivity index (χ3v) is 3.35. The number of likely N-dealkylation sites (N-methyl/N-ethyl adjacent to an activating group) is 1. The minimum Gasteiger partial charge on any atom is -0.496 e. The number of nitrogens with one attached hydrogen (secondary N) is 1. The van der Waals surface area contributed by atoms with Crippen molar-refractivity contribution < 1.29 is 9.66 Å². The van der Waals surface area contributed by atoms with Crippen molar-refractivity contribution in [1.29, 1.82) is 0 Å². The summed E-state index contributed by atoms with van der Waals surface area (Å²) in [5.41, 5.74) is 1.35. The number of aryl methyl sites for hydroxylation is 1. The highest BCUT2D eigenvalue weighted by Gasteiger charge is 2.16. The Kier molecular flexibility index (Phi) is 6.24. The van der Waals surface area contributed by atoms with E-state index in [0.717, 1.165) is 25.2 Å². The lowest BCUT2D eigenvalue weighted by atomic mass is 10.1. The number of ether oxygens (including phenoxy) is 1. The Hall–Kier alpha value is -1.82. The van der Waals surface area contributed by atoms with Gasteiger partial charge in [-0.3, -0.25) is 10.1 Å². The summed E-state index contributed by atoms with van der Waals surface area (Å²) in [5.74, 6) is 0.654. The van der Waals surface area contributed by atoms with Crippen molar-refractivity contribution in [3.05, 3.63) is 27.8 Å². The van der Waals surface area contributed by atoms with Gasteiger partial charge in [-0.05, 0) is 25.6 Å². The molecule has 0 aromatic heterocycles. The Morgan fingerprint density at radius 3 is 2.50 bits per heavy atom. The summed E-state index contributed by atoms with van der Waals surface area (Å²) in [6.45, 7) is 9.44. The molecule has 1 aromatic carbocycles. The van der Waals surface area contributed by atoms with E-state index in [2.05, 4.69) is 24.1 Å². The van der Waals surface area contributed by atoms with E-state index in [1.807, 2.05) is 0 Å². The maximum Gasteiger partial charge on any atom is 0.292 e. The van der Waals surface area contributed by atoms with Gasteiger partial charge in [0.05, 0.1) is 12.0 Å². The number of anilines is 1. The van der Waals surface area contributed by atoms with Crippen molar-refractivity contribution >= 4 is 11.4 Å². The molecule has 0 saturated heterocycles. The van der Waals surface area contributed by atoms with Gasteiger partial charge in [-0.15, -0.1) is 0 Å². The van der Waals surface area contributed by atoms with Gasteiger partial charge in [-0.2, -0.15) is 0 Å². The number of benzene rings is 1. The van der Waals surface area contributed by atoms with E-state index in [0.29, 0.717) is 18.0 Å². The monoisotopic (exact) mass is 281 g/mol. The third-order valence-electron chi connectivity index (χ3n) is 3.35.